The molecule has 0 saturated heterocycles. The Morgan fingerprint density at radius 1 is 0.553 bits per heavy atom. The van der Waals surface area contributed by atoms with Gasteiger partial charge in [-0.3, -0.25) is 9.97 Å². The summed E-state index contributed by atoms with van der Waals surface area (Å²) in [4.78, 5) is 18.6. The van der Waals surface area contributed by atoms with Crippen molar-refractivity contribution in [2.24, 2.45) is 0 Å². The number of thiophene rings is 1. The van der Waals surface area contributed by atoms with Crippen LogP contribution < -0.4 is 0 Å². The SMILES string of the molecule is c1ccc(-c2cnc3c4cc5c(cc4n(-c4cnc(-c6cccnc6)nc4)c3c2)sc2ccccc25)cc1. The molecule has 0 radical (unpaired) electrons. The van der Waals surface area contributed by atoms with Gasteiger partial charge in [0.25, 0.3) is 0 Å². The fourth-order valence-electron chi connectivity index (χ4n) is 5.24. The molecule has 0 saturated carbocycles. The lowest BCUT2D eigenvalue weighted by Gasteiger charge is -2.09. The molecule has 6 heteroatoms. The smallest absolute Gasteiger partial charge is 0.160 e. The Morgan fingerprint density at radius 2 is 1.37 bits per heavy atom. The summed E-state index contributed by atoms with van der Waals surface area (Å²) in [5, 5.41) is 3.65. The first-order chi connectivity index (χ1) is 18.8. The molecule has 0 aliphatic rings. The van der Waals surface area contributed by atoms with E-state index in [1.807, 2.05) is 48.1 Å². The minimum atomic E-state index is 0.651. The summed E-state index contributed by atoms with van der Waals surface area (Å²) in [6.07, 6.45) is 9.28. The number of fused-ring (bicyclic) bond motifs is 6. The number of pyridine rings is 2. The van der Waals surface area contributed by atoms with Crippen molar-refractivity contribution in [3.63, 3.8) is 0 Å². The van der Waals surface area contributed by atoms with Gasteiger partial charge in [0.1, 0.15) is 0 Å². The molecule has 5 nitrogen and oxygen atoms in total. The predicted molar refractivity (Wildman–Crippen MR) is 156 cm³/mol. The second-order valence-electron chi connectivity index (χ2n) is 9.26. The van der Waals surface area contributed by atoms with Gasteiger partial charge >= 0.3 is 0 Å². The van der Waals surface area contributed by atoms with Crippen LogP contribution in [0.1, 0.15) is 0 Å². The van der Waals surface area contributed by atoms with Gasteiger partial charge in [0.15, 0.2) is 5.82 Å². The normalized spacial score (nSPS) is 11.7. The highest BCUT2D eigenvalue weighted by Gasteiger charge is 2.18. The van der Waals surface area contributed by atoms with Crippen LogP contribution in [0.5, 0.6) is 0 Å². The van der Waals surface area contributed by atoms with Crippen molar-refractivity contribution >= 4 is 53.4 Å². The number of hydrogen-bond donors (Lipinski definition) is 0. The van der Waals surface area contributed by atoms with Crippen LogP contribution in [0.3, 0.4) is 0 Å². The van der Waals surface area contributed by atoms with E-state index in [-0.39, 0.29) is 0 Å². The number of hydrogen-bond acceptors (Lipinski definition) is 5. The highest BCUT2D eigenvalue weighted by Crippen LogP contribution is 2.40. The van der Waals surface area contributed by atoms with Crippen molar-refractivity contribution < 1.29 is 0 Å². The molecule has 0 N–H and O–H groups in total. The molecule has 3 aromatic carbocycles. The molecule has 5 aromatic heterocycles. The fraction of sp³-hybridized carbons (Fsp3) is 0. The average molecular weight is 506 g/mol. The minimum Gasteiger partial charge on any atom is -0.305 e. The Balaban J connectivity index is 1.42. The van der Waals surface area contributed by atoms with E-state index in [0.29, 0.717) is 5.82 Å². The summed E-state index contributed by atoms with van der Waals surface area (Å²) < 4.78 is 4.77. The van der Waals surface area contributed by atoms with Gasteiger partial charge in [-0.05, 0) is 42.0 Å². The predicted octanol–water partition coefficient (Wildman–Crippen LogP) is 8.07. The van der Waals surface area contributed by atoms with Gasteiger partial charge in [-0.25, -0.2) is 9.97 Å². The summed E-state index contributed by atoms with van der Waals surface area (Å²) in [6.45, 7) is 0. The molecule has 5 heterocycles. The second-order valence-corrected chi connectivity index (χ2v) is 10.3. The summed E-state index contributed by atoms with van der Waals surface area (Å²) in [6, 6.07) is 29.6. The maximum absolute atomic E-state index is 5.00. The molecule has 0 unspecified atom stereocenters. The molecule has 0 atom stereocenters. The van der Waals surface area contributed by atoms with Gasteiger partial charge in [-0.15, -0.1) is 11.3 Å². The van der Waals surface area contributed by atoms with E-state index in [1.165, 1.54) is 20.2 Å². The summed E-state index contributed by atoms with van der Waals surface area (Å²) >= 11 is 1.82. The van der Waals surface area contributed by atoms with E-state index < -0.39 is 0 Å². The van der Waals surface area contributed by atoms with Crippen molar-refractivity contribution in [2.75, 3.05) is 0 Å². The van der Waals surface area contributed by atoms with Crippen molar-refractivity contribution in [3.8, 4) is 28.2 Å². The quantitative estimate of drug-likeness (QED) is 0.244. The molecule has 38 heavy (non-hydrogen) atoms. The Bertz CT molecular complexity index is 2110. The lowest BCUT2D eigenvalue weighted by atomic mass is 10.1. The zero-order valence-corrected chi connectivity index (χ0v) is 20.9. The van der Waals surface area contributed by atoms with E-state index in [9.17, 15) is 0 Å². The maximum atomic E-state index is 5.00. The Morgan fingerprint density at radius 3 is 2.21 bits per heavy atom. The third-order valence-corrected chi connectivity index (χ3v) is 8.16. The van der Waals surface area contributed by atoms with Gasteiger partial charge in [-0.1, -0.05) is 48.5 Å². The highest BCUT2D eigenvalue weighted by atomic mass is 32.1. The molecular weight excluding hydrogens is 486 g/mol. The molecule has 8 rings (SSSR count). The van der Waals surface area contributed by atoms with E-state index in [0.717, 1.165) is 44.3 Å². The van der Waals surface area contributed by atoms with E-state index >= 15 is 0 Å². The first kappa shape index (κ1) is 21.2. The Labute approximate surface area is 221 Å². The molecular formula is C32H19N5S. The molecule has 0 bridgehead atoms. The fourth-order valence-corrected chi connectivity index (χ4v) is 6.36. The second kappa shape index (κ2) is 8.30. The topological polar surface area (TPSA) is 56.5 Å². The van der Waals surface area contributed by atoms with E-state index in [2.05, 4.69) is 76.3 Å². The van der Waals surface area contributed by atoms with Crippen LogP contribution in [0.4, 0.5) is 0 Å². The Kier molecular flexibility index (Phi) is 4.62. The van der Waals surface area contributed by atoms with Gasteiger partial charge < -0.3 is 4.57 Å². The number of aromatic nitrogens is 5. The zero-order valence-electron chi connectivity index (χ0n) is 20.1. The summed E-state index contributed by atoms with van der Waals surface area (Å²) in [7, 11) is 0. The van der Waals surface area contributed by atoms with Crippen molar-refractivity contribution in [2.45, 2.75) is 0 Å². The van der Waals surface area contributed by atoms with E-state index in [1.54, 1.807) is 12.4 Å². The Hall–Kier alpha value is -4.94. The van der Waals surface area contributed by atoms with E-state index in [4.69, 9.17) is 15.0 Å². The van der Waals surface area contributed by atoms with Crippen LogP contribution in [-0.2, 0) is 0 Å². The maximum Gasteiger partial charge on any atom is 0.160 e. The van der Waals surface area contributed by atoms with Crippen LogP contribution >= 0.6 is 11.3 Å². The molecule has 0 spiro atoms. The van der Waals surface area contributed by atoms with Gasteiger partial charge in [-0.2, -0.15) is 0 Å². The average Bonchev–Trinajstić information content (AvgIpc) is 3.51. The van der Waals surface area contributed by atoms with Crippen molar-refractivity contribution in [1.82, 2.24) is 24.5 Å². The highest BCUT2D eigenvalue weighted by molar-refractivity contribution is 7.25. The molecule has 178 valence electrons. The lowest BCUT2D eigenvalue weighted by molar-refractivity contribution is 1.08. The summed E-state index contributed by atoms with van der Waals surface area (Å²) in [5.41, 5.74) is 7.08. The number of benzene rings is 3. The number of nitrogens with zero attached hydrogens (tertiary/aromatic N) is 5. The van der Waals surface area contributed by atoms with Crippen LogP contribution in [-0.4, -0.2) is 24.5 Å². The number of rotatable bonds is 3. The van der Waals surface area contributed by atoms with Crippen molar-refractivity contribution in [3.05, 3.63) is 116 Å². The van der Waals surface area contributed by atoms with Crippen LogP contribution in [0.15, 0.2) is 116 Å². The summed E-state index contributed by atoms with van der Waals surface area (Å²) in [5.74, 6) is 0.651. The molecule has 0 aliphatic heterocycles. The molecule has 0 amide bonds. The largest absolute Gasteiger partial charge is 0.305 e. The third-order valence-electron chi connectivity index (χ3n) is 7.02. The van der Waals surface area contributed by atoms with Gasteiger partial charge in [0, 0.05) is 55.3 Å². The lowest BCUT2D eigenvalue weighted by Crippen LogP contribution is -1.98. The van der Waals surface area contributed by atoms with Crippen LogP contribution in [0.2, 0.25) is 0 Å². The third kappa shape index (κ3) is 3.24. The monoisotopic (exact) mass is 505 g/mol. The van der Waals surface area contributed by atoms with Crippen molar-refractivity contribution in [1.29, 1.82) is 0 Å². The standard InChI is InChI=1S/C32H19N5S/c1-2-7-20(8-3-1)22-13-28-31(34-17-22)26-14-25-24-10-4-5-11-29(24)38-30(25)15-27(26)37(28)23-18-35-32(36-19-23)21-9-6-12-33-16-21/h1-19H. The first-order valence-electron chi connectivity index (χ1n) is 12.4. The molecule has 0 fully saturated rings. The van der Waals surface area contributed by atoms with Gasteiger partial charge in [0.2, 0.25) is 0 Å². The molecule has 8 aromatic rings. The van der Waals surface area contributed by atoms with Gasteiger partial charge in [0.05, 0.1) is 34.6 Å². The first-order valence-corrected chi connectivity index (χ1v) is 13.2. The van der Waals surface area contributed by atoms with Crippen LogP contribution in [0, 0.1) is 0 Å². The van der Waals surface area contributed by atoms with Crippen LogP contribution in [0.25, 0.3) is 70.3 Å². The molecule has 0 aliphatic carbocycles. The minimum absolute atomic E-state index is 0.651. The zero-order chi connectivity index (χ0) is 25.1.